The van der Waals surface area contributed by atoms with Gasteiger partial charge in [-0.15, -0.1) is 0 Å². The lowest BCUT2D eigenvalue weighted by Crippen LogP contribution is -2.52. The van der Waals surface area contributed by atoms with Gasteiger partial charge >= 0.3 is 0 Å². The number of fused-ring (bicyclic) bond motifs is 1. The third-order valence-corrected chi connectivity index (χ3v) is 5.74. The summed E-state index contributed by atoms with van der Waals surface area (Å²) in [6.07, 6.45) is 7.74. The van der Waals surface area contributed by atoms with Crippen LogP contribution in [0.2, 0.25) is 0 Å². The van der Waals surface area contributed by atoms with Crippen molar-refractivity contribution in [3.63, 3.8) is 0 Å². The highest BCUT2D eigenvalue weighted by Gasteiger charge is 2.29. The fourth-order valence-corrected chi connectivity index (χ4v) is 4.16. The first-order valence-electron chi connectivity index (χ1n) is 9.69. The largest absolute Gasteiger partial charge is 0.345 e. The van der Waals surface area contributed by atoms with E-state index in [2.05, 4.69) is 9.97 Å². The quantitative estimate of drug-likeness (QED) is 0.920. The van der Waals surface area contributed by atoms with Crippen molar-refractivity contribution < 1.29 is 9.59 Å². The molecule has 0 atom stereocenters. The highest BCUT2D eigenvalue weighted by atomic mass is 16.2. The van der Waals surface area contributed by atoms with Gasteiger partial charge in [0.25, 0.3) is 0 Å². The molecule has 1 saturated carbocycles. The van der Waals surface area contributed by atoms with E-state index < -0.39 is 0 Å². The first-order valence-corrected chi connectivity index (χ1v) is 9.69. The number of carbonyl (C=O) groups is 2. The molecule has 1 N–H and O–H groups in total. The number of aromatic amines is 1. The standard InChI is InChI=1S/C20H26N4O2/c25-19(13-15-6-7-17-18(12-15)22-14-21-17)23-8-10-24(11-9-23)20(26)16-4-2-1-3-5-16/h6-7,12,14,16H,1-5,8-11,13H2,(H,21,22). The molecule has 2 aromatic rings. The smallest absolute Gasteiger partial charge is 0.227 e. The Hall–Kier alpha value is -2.37. The van der Waals surface area contributed by atoms with Gasteiger partial charge in [-0.1, -0.05) is 25.3 Å². The highest BCUT2D eigenvalue weighted by Crippen LogP contribution is 2.26. The van der Waals surface area contributed by atoms with Crippen molar-refractivity contribution in [3.8, 4) is 0 Å². The molecule has 0 spiro atoms. The molecule has 26 heavy (non-hydrogen) atoms. The maximum atomic E-state index is 12.6. The molecule has 4 rings (SSSR count). The van der Waals surface area contributed by atoms with Gasteiger partial charge in [0.1, 0.15) is 0 Å². The molecule has 1 aromatic heterocycles. The van der Waals surface area contributed by atoms with Crippen LogP contribution in [0.1, 0.15) is 37.7 Å². The predicted molar refractivity (Wildman–Crippen MR) is 99.5 cm³/mol. The number of H-pyrrole nitrogens is 1. The first kappa shape index (κ1) is 17.1. The summed E-state index contributed by atoms with van der Waals surface area (Å²) in [7, 11) is 0. The summed E-state index contributed by atoms with van der Waals surface area (Å²) in [6.45, 7) is 2.62. The minimum atomic E-state index is 0.133. The van der Waals surface area contributed by atoms with Crippen LogP contribution in [0.3, 0.4) is 0 Å². The fraction of sp³-hybridized carbons (Fsp3) is 0.550. The average molecular weight is 354 g/mol. The second-order valence-corrected chi connectivity index (χ2v) is 7.47. The van der Waals surface area contributed by atoms with Crippen LogP contribution in [0.4, 0.5) is 0 Å². The van der Waals surface area contributed by atoms with E-state index in [9.17, 15) is 9.59 Å². The van der Waals surface area contributed by atoms with Crippen molar-refractivity contribution in [3.05, 3.63) is 30.1 Å². The summed E-state index contributed by atoms with van der Waals surface area (Å²) >= 11 is 0. The lowest BCUT2D eigenvalue weighted by Gasteiger charge is -2.37. The van der Waals surface area contributed by atoms with Gasteiger partial charge in [-0.2, -0.15) is 0 Å². The van der Waals surface area contributed by atoms with E-state index in [1.807, 2.05) is 28.0 Å². The molecule has 2 aliphatic rings. The molecule has 2 heterocycles. The second-order valence-electron chi connectivity index (χ2n) is 7.47. The third-order valence-electron chi connectivity index (χ3n) is 5.74. The Kier molecular flexibility index (Phi) is 4.91. The molecule has 6 heteroatoms. The molecule has 1 aliphatic carbocycles. The van der Waals surface area contributed by atoms with Gasteiger partial charge in [0, 0.05) is 32.1 Å². The van der Waals surface area contributed by atoms with E-state index in [-0.39, 0.29) is 11.8 Å². The van der Waals surface area contributed by atoms with Crippen LogP contribution in [0.15, 0.2) is 24.5 Å². The minimum Gasteiger partial charge on any atom is -0.345 e. The van der Waals surface area contributed by atoms with E-state index in [1.54, 1.807) is 6.33 Å². The molecule has 6 nitrogen and oxygen atoms in total. The predicted octanol–water partition coefficient (Wildman–Crippen LogP) is 2.36. The molecular formula is C20H26N4O2. The van der Waals surface area contributed by atoms with Crippen LogP contribution in [-0.4, -0.2) is 57.8 Å². The van der Waals surface area contributed by atoms with Gasteiger partial charge in [0.05, 0.1) is 23.8 Å². The zero-order valence-electron chi connectivity index (χ0n) is 15.1. The summed E-state index contributed by atoms with van der Waals surface area (Å²) in [5, 5.41) is 0. The molecule has 0 unspecified atom stereocenters. The van der Waals surface area contributed by atoms with Crippen molar-refractivity contribution >= 4 is 22.8 Å². The molecule has 1 aliphatic heterocycles. The van der Waals surface area contributed by atoms with Crippen LogP contribution >= 0.6 is 0 Å². The maximum Gasteiger partial charge on any atom is 0.227 e. The van der Waals surface area contributed by atoms with Crippen LogP contribution < -0.4 is 0 Å². The van der Waals surface area contributed by atoms with Crippen molar-refractivity contribution in [2.45, 2.75) is 38.5 Å². The van der Waals surface area contributed by atoms with Gasteiger partial charge in [-0.25, -0.2) is 4.98 Å². The Balaban J connectivity index is 1.30. The maximum absolute atomic E-state index is 12.6. The fourth-order valence-electron chi connectivity index (χ4n) is 4.16. The Labute approximate surface area is 153 Å². The van der Waals surface area contributed by atoms with Crippen molar-refractivity contribution in [2.24, 2.45) is 5.92 Å². The molecule has 1 aromatic carbocycles. The van der Waals surface area contributed by atoms with Gasteiger partial charge < -0.3 is 14.8 Å². The number of nitrogens with zero attached hydrogens (tertiary/aromatic N) is 3. The molecule has 138 valence electrons. The third kappa shape index (κ3) is 3.59. The van der Waals surface area contributed by atoms with Gasteiger partial charge in [0.15, 0.2) is 0 Å². The van der Waals surface area contributed by atoms with Crippen LogP contribution in [-0.2, 0) is 16.0 Å². The number of aromatic nitrogens is 2. The number of hydrogen-bond acceptors (Lipinski definition) is 3. The number of benzene rings is 1. The summed E-state index contributed by atoms with van der Waals surface area (Å²) in [4.78, 5) is 36.4. The molecule has 0 bridgehead atoms. The SMILES string of the molecule is O=C(Cc1ccc2nc[nH]c2c1)N1CCN(C(=O)C2CCCCC2)CC1. The number of carbonyl (C=O) groups excluding carboxylic acids is 2. The van der Waals surface area contributed by atoms with E-state index >= 15 is 0 Å². The van der Waals surface area contributed by atoms with E-state index in [0.717, 1.165) is 29.4 Å². The normalized spacial score (nSPS) is 19.1. The van der Waals surface area contributed by atoms with Crippen molar-refractivity contribution in [2.75, 3.05) is 26.2 Å². The Morgan fingerprint density at radius 1 is 1.04 bits per heavy atom. The number of nitrogens with one attached hydrogen (secondary N) is 1. The molecule has 2 amide bonds. The number of piperazine rings is 1. The van der Waals surface area contributed by atoms with E-state index in [4.69, 9.17) is 0 Å². The topological polar surface area (TPSA) is 69.3 Å². The van der Waals surface area contributed by atoms with Crippen LogP contribution in [0.25, 0.3) is 11.0 Å². The monoisotopic (exact) mass is 354 g/mol. The Morgan fingerprint density at radius 3 is 2.54 bits per heavy atom. The zero-order chi connectivity index (χ0) is 17.9. The van der Waals surface area contributed by atoms with Crippen LogP contribution in [0.5, 0.6) is 0 Å². The lowest BCUT2D eigenvalue weighted by molar-refractivity contribution is -0.142. The highest BCUT2D eigenvalue weighted by molar-refractivity contribution is 5.82. The first-order chi connectivity index (χ1) is 12.7. The lowest BCUT2D eigenvalue weighted by atomic mass is 9.88. The van der Waals surface area contributed by atoms with E-state index in [0.29, 0.717) is 38.5 Å². The number of rotatable bonds is 3. The van der Waals surface area contributed by atoms with Gasteiger partial charge in [-0.05, 0) is 30.5 Å². The second kappa shape index (κ2) is 7.48. The van der Waals surface area contributed by atoms with Crippen molar-refractivity contribution in [1.29, 1.82) is 0 Å². The minimum absolute atomic E-state index is 0.133. The van der Waals surface area contributed by atoms with Gasteiger partial charge in [0.2, 0.25) is 11.8 Å². The summed E-state index contributed by atoms with van der Waals surface area (Å²) in [5.74, 6) is 0.655. The Bertz CT molecular complexity index is 786. The molecular weight excluding hydrogens is 328 g/mol. The van der Waals surface area contributed by atoms with Crippen LogP contribution in [0, 0.1) is 5.92 Å². The number of hydrogen-bond donors (Lipinski definition) is 1. The van der Waals surface area contributed by atoms with Crippen molar-refractivity contribution in [1.82, 2.24) is 19.8 Å². The number of imidazole rings is 1. The summed E-state index contributed by atoms with van der Waals surface area (Å²) in [6, 6.07) is 5.89. The molecule has 0 radical (unpaired) electrons. The molecule has 2 fully saturated rings. The summed E-state index contributed by atoms with van der Waals surface area (Å²) in [5.41, 5.74) is 2.86. The summed E-state index contributed by atoms with van der Waals surface area (Å²) < 4.78 is 0. The Morgan fingerprint density at radius 2 is 1.77 bits per heavy atom. The number of amides is 2. The van der Waals surface area contributed by atoms with Gasteiger partial charge in [-0.3, -0.25) is 9.59 Å². The molecule has 1 saturated heterocycles. The zero-order valence-corrected chi connectivity index (χ0v) is 15.1. The van der Waals surface area contributed by atoms with E-state index in [1.165, 1.54) is 19.3 Å². The average Bonchev–Trinajstić information content (AvgIpc) is 3.16.